The fourth-order valence-electron chi connectivity index (χ4n) is 1.28. The van der Waals surface area contributed by atoms with Crippen LogP contribution < -0.4 is 0 Å². The number of rotatable bonds is 10. The van der Waals surface area contributed by atoms with Crippen LogP contribution in [0.3, 0.4) is 0 Å². The molecule has 0 atom stereocenters. The van der Waals surface area contributed by atoms with Crippen molar-refractivity contribution in [3.8, 4) is 0 Å². The van der Waals surface area contributed by atoms with Gasteiger partial charge in [0.1, 0.15) is 0 Å². The third-order valence-corrected chi connectivity index (χ3v) is 7.11. The van der Waals surface area contributed by atoms with Gasteiger partial charge in [-0.25, -0.2) is 0 Å². The van der Waals surface area contributed by atoms with Crippen LogP contribution in [0.4, 0.5) is 0 Å². The molecule has 0 aliphatic heterocycles. The van der Waals surface area contributed by atoms with Gasteiger partial charge in [0, 0.05) is 55.3 Å². The Labute approximate surface area is 105 Å². The summed E-state index contributed by atoms with van der Waals surface area (Å²) < 4.78 is 36.6. The van der Waals surface area contributed by atoms with E-state index in [9.17, 15) is 0 Å². The fourth-order valence-corrected chi connectivity index (χ4v) is 4.16. The summed E-state index contributed by atoms with van der Waals surface area (Å²) >= 11 is 0. The lowest BCUT2D eigenvalue weighted by Crippen LogP contribution is -2.49. The number of hydrogen-bond donors (Lipinski definition) is 0. The molecule has 0 saturated heterocycles. The van der Waals surface area contributed by atoms with E-state index >= 15 is 0 Å². The smallest absolute Gasteiger partial charge is 0.377 e. The van der Waals surface area contributed by atoms with Crippen molar-refractivity contribution < 1.29 is 31.0 Å². The monoisotopic (exact) mass is 286 g/mol. The minimum absolute atomic E-state index is 0.309. The molecule has 0 fully saturated rings. The van der Waals surface area contributed by atoms with E-state index in [2.05, 4.69) is 0 Å². The van der Waals surface area contributed by atoms with Gasteiger partial charge in [-0.1, -0.05) is 0 Å². The summed E-state index contributed by atoms with van der Waals surface area (Å²) in [5.74, 6) is 0. The second-order valence-electron chi connectivity index (χ2n) is 3.01. The summed E-state index contributed by atoms with van der Waals surface area (Å²) in [6, 6.07) is 0.487. The first kappa shape index (κ1) is 17.2. The molecule has 0 aromatic heterocycles. The third kappa shape index (κ3) is 4.73. The lowest BCUT2D eigenvalue weighted by Gasteiger charge is -2.27. The van der Waals surface area contributed by atoms with Crippen LogP contribution in [0, 0.1) is 0 Å². The fraction of sp³-hybridized carbons (Fsp3) is 1.00. The molecule has 9 heteroatoms. The van der Waals surface area contributed by atoms with Crippen molar-refractivity contribution in [1.82, 2.24) is 0 Å². The Morgan fingerprint density at radius 1 is 0.647 bits per heavy atom. The Morgan fingerprint density at radius 2 is 1.06 bits per heavy atom. The van der Waals surface area contributed by atoms with Crippen LogP contribution in [0.1, 0.15) is 0 Å². The van der Waals surface area contributed by atoms with Crippen LogP contribution in [-0.2, 0) is 31.0 Å². The Bertz CT molecular complexity index is 160. The molecule has 0 aliphatic rings. The molecule has 0 spiro atoms. The average molecular weight is 286 g/mol. The minimum Gasteiger partial charge on any atom is -0.377 e. The summed E-state index contributed by atoms with van der Waals surface area (Å²) in [5, 5.41) is 0. The van der Waals surface area contributed by atoms with Crippen LogP contribution >= 0.6 is 0 Å². The molecule has 0 radical (unpaired) electrons. The lowest BCUT2D eigenvalue weighted by atomic mass is 10.9. The molecule has 104 valence electrons. The van der Waals surface area contributed by atoms with E-state index in [-0.39, 0.29) is 0 Å². The zero-order chi connectivity index (χ0) is 13.4. The average Bonchev–Trinajstić information content (AvgIpc) is 2.41. The molecular formula is C8H22O7Si2. The van der Waals surface area contributed by atoms with Gasteiger partial charge in [0.15, 0.2) is 0 Å². The van der Waals surface area contributed by atoms with Crippen molar-refractivity contribution in [3.05, 3.63) is 0 Å². The van der Waals surface area contributed by atoms with Gasteiger partial charge >= 0.3 is 17.9 Å². The Kier molecular flexibility index (Phi) is 8.36. The molecule has 0 saturated carbocycles. The predicted molar refractivity (Wildman–Crippen MR) is 64.3 cm³/mol. The summed E-state index contributed by atoms with van der Waals surface area (Å²) in [4.78, 5) is 0. The van der Waals surface area contributed by atoms with Crippen molar-refractivity contribution in [2.45, 2.75) is 6.04 Å². The first-order valence-corrected chi connectivity index (χ1v) is 8.59. The van der Waals surface area contributed by atoms with Crippen molar-refractivity contribution in [1.29, 1.82) is 0 Å². The molecule has 0 amide bonds. The van der Waals surface area contributed by atoms with Gasteiger partial charge in [-0.3, -0.25) is 0 Å². The third-order valence-electron chi connectivity index (χ3n) is 2.37. The standard InChI is InChI=1S/C8H22O7Si2/c1-9-16(10-2,11-3)8-7-15-17(12-4,13-5)14-6/h7-8H2,1-6H3. The maximum absolute atomic E-state index is 5.51. The molecule has 0 rings (SSSR count). The first-order valence-electron chi connectivity index (χ1n) is 5.02. The van der Waals surface area contributed by atoms with Crippen molar-refractivity contribution in [2.24, 2.45) is 0 Å². The molecular weight excluding hydrogens is 264 g/mol. The predicted octanol–water partition coefficient (Wildman–Crippen LogP) is 0.256. The van der Waals surface area contributed by atoms with Crippen LogP contribution in [-0.4, -0.2) is 67.1 Å². The van der Waals surface area contributed by atoms with Crippen molar-refractivity contribution in [3.63, 3.8) is 0 Å². The van der Waals surface area contributed by atoms with E-state index in [0.717, 1.165) is 0 Å². The largest absolute Gasteiger partial charge is 0.678 e. The van der Waals surface area contributed by atoms with Gasteiger partial charge in [0.2, 0.25) is 0 Å². The maximum atomic E-state index is 5.51. The van der Waals surface area contributed by atoms with E-state index in [1.165, 1.54) is 21.3 Å². The summed E-state index contributed by atoms with van der Waals surface area (Å²) in [5.41, 5.74) is 0. The highest BCUT2D eigenvalue weighted by Crippen LogP contribution is 2.15. The first-order chi connectivity index (χ1) is 8.07. The molecule has 0 heterocycles. The summed E-state index contributed by atoms with van der Waals surface area (Å²) in [6.45, 7) is 0.309. The second kappa shape index (κ2) is 8.29. The molecule has 0 bridgehead atoms. The zero-order valence-corrected chi connectivity index (χ0v) is 13.3. The van der Waals surface area contributed by atoms with Gasteiger partial charge in [0.25, 0.3) is 0 Å². The van der Waals surface area contributed by atoms with Crippen LogP contribution in [0.25, 0.3) is 0 Å². The van der Waals surface area contributed by atoms with E-state index < -0.39 is 17.9 Å². The highest BCUT2D eigenvalue weighted by atomic mass is 28.4. The van der Waals surface area contributed by atoms with E-state index in [1.54, 1.807) is 21.3 Å². The van der Waals surface area contributed by atoms with Gasteiger partial charge in [-0.2, -0.15) is 0 Å². The lowest BCUT2D eigenvalue weighted by molar-refractivity contribution is 0.00584. The van der Waals surface area contributed by atoms with Crippen molar-refractivity contribution >= 4 is 17.9 Å². The molecule has 0 unspecified atom stereocenters. The van der Waals surface area contributed by atoms with E-state index in [0.29, 0.717) is 12.7 Å². The molecule has 0 aliphatic carbocycles. The summed E-state index contributed by atoms with van der Waals surface area (Å²) in [6.07, 6.45) is 0. The Balaban J connectivity index is 4.28. The topological polar surface area (TPSA) is 64.6 Å². The quantitative estimate of drug-likeness (QED) is 0.534. The summed E-state index contributed by atoms with van der Waals surface area (Å²) in [7, 11) is 3.46. The maximum Gasteiger partial charge on any atom is 0.678 e. The SMILES string of the molecule is CO[Si](CCO[Si](OC)(OC)OC)(OC)OC. The van der Waals surface area contributed by atoms with E-state index in [4.69, 9.17) is 31.0 Å². The van der Waals surface area contributed by atoms with Crippen LogP contribution in [0.5, 0.6) is 0 Å². The molecule has 17 heavy (non-hydrogen) atoms. The van der Waals surface area contributed by atoms with Gasteiger partial charge in [0.05, 0.1) is 0 Å². The van der Waals surface area contributed by atoms with Gasteiger partial charge in [-0.15, -0.1) is 0 Å². The highest BCUT2D eigenvalue weighted by molar-refractivity contribution is 6.60. The van der Waals surface area contributed by atoms with E-state index in [1.807, 2.05) is 0 Å². The van der Waals surface area contributed by atoms with Gasteiger partial charge in [-0.05, 0) is 0 Å². The molecule has 0 aromatic rings. The Hall–Kier alpha value is 0.154. The van der Waals surface area contributed by atoms with Crippen LogP contribution in [0.2, 0.25) is 6.04 Å². The molecule has 0 N–H and O–H groups in total. The number of hydrogen-bond acceptors (Lipinski definition) is 7. The highest BCUT2D eigenvalue weighted by Gasteiger charge is 2.44. The second-order valence-corrected chi connectivity index (χ2v) is 8.61. The van der Waals surface area contributed by atoms with Crippen molar-refractivity contribution in [2.75, 3.05) is 49.3 Å². The normalized spacial score (nSPS) is 13.1. The zero-order valence-electron chi connectivity index (χ0n) is 11.3. The van der Waals surface area contributed by atoms with Gasteiger partial charge < -0.3 is 31.0 Å². The molecule has 7 nitrogen and oxygen atoms in total. The minimum atomic E-state index is -3.00. The Morgan fingerprint density at radius 3 is 1.35 bits per heavy atom. The molecule has 0 aromatic carbocycles. The van der Waals surface area contributed by atoms with Crippen LogP contribution in [0.15, 0.2) is 0 Å².